The van der Waals surface area contributed by atoms with Crippen LogP contribution in [0.3, 0.4) is 0 Å². The highest BCUT2D eigenvalue weighted by Crippen LogP contribution is 2.37. The normalized spacial score (nSPS) is 43.8. The van der Waals surface area contributed by atoms with E-state index in [1.807, 2.05) is 7.05 Å². The van der Waals surface area contributed by atoms with Crippen molar-refractivity contribution in [3.8, 4) is 0 Å². The van der Waals surface area contributed by atoms with Crippen LogP contribution in [0.5, 0.6) is 0 Å². The quantitative estimate of drug-likeness (QED) is 0.643. The minimum absolute atomic E-state index is 0.00814. The topological polar surface area (TPSA) is 65.6 Å². The number of nitrogens with zero attached hydrogens (tertiary/aromatic N) is 1. The summed E-state index contributed by atoms with van der Waals surface area (Å²) in [6.07, 6.45) is 5.42. The Morgan fingerprint density at radius 1 is 1.38 bits per heavy atom. The molecule has 0 aromatic heterocycles. The number of hydrogen-bond donors (Lipinski definition) is 3. The maximum Gasteiger partial charge on any atom is 0.225 e. The SMILES string of the molecule is CCCC1C(CN2CCC[C@@]3(CNC(=O)C4CC(F)CCC4O3)C2)CNC1NC. The van der Waals surface area contributed by atoms with Crippen LogP contribution in [0.25, 0.3) is 0 Å². The Morgan fingerprint density at radius 3 is 3.03 bits per heavy atom. The summed E-state index contributed by atoms with van der Waals surface area (Å²) in [5, 5.41) is 10.2. The molecular weight excluding hydrogens is 371 g/mol. The zero-order valence-electron chi connectivity index (χ0n) is 18.1. The zero-order chi connectivity index (χ0) is 20.4. The van der Waals surface area contributed by atoms with E-state index in [0.29, 0.717) is 43.8 Å². The zero-order valence-corrected chi connectivity index (χ0v) is 18.1. The van der Waals surface area contributed by atoms with E-state index in [-0.39, 0.29) is 23.5 Å². The molecule has 6 unspecified atom stereocenters. The monoisotopic (exact) mass is 410 g/mol. The molecule has 3 heterocycles. The van der Waals surface area contributed by atoms with Crippen molar-refractivity contribution in [2.75, 3.05) is 39.8 Å². The average molecular weight is 411 g/mol. The lowest BCUT2D eigenvalue weighted by Gasteiger charge is -2.45. The fraction of sp³-hybridized carbons (Fsp3) is 0.955. The number of amides is 1. The number of halogens is 1. The Morgan fingerprint density at radius 2 is 2.24 bits per heavy atom. The van der Waals surface area contributed by atoms with Crippen LogP contribution in [0.2, 0.25) is 0 Å². The van der Waals surface area contributed by atoms with E-state index >= 15 is 0 Å². The van der Waals surface area contributed by atoms with Gasteiger partial charge in [-0.2, -0.15) is 0 Å². The van der Waals surface area contributed by atoms with Gasteiger partial charge in [0.25, 0.3) is 0 Å². The molecule has 1 aliphatic carbocycles. The molecule has 7 atom stereocenters. The van der Waals surface area contributed by atoms with Crippen molar-refractivity contribution < 1.29 is 13.9 Å². The molecule has 4 aliphatic rings. The molecule has 1 saturated carbocycles. The summed E-state index contributed by atoms with van der Waals surface area (Å²) in [5.41, 5.74) is -0.314. The van der Waals surface area contributed by atoms with Gasteiger partial charge in [-0.1, -0.05) is 13.3 Å². The summed E-state index contributed by atoms with van der Waals surface area (Å²) in [4.78, 5) is 15.1. The van der Waals surface area contributed by atoms with Gasteiger partial charge in [-0.25, -0.2) is 4.39 Å². The van der Waals surface area contributed by atoms with Crippen molar-refractivity contribution >= 4 is 5.91 Å². The molecule has 0 bridgehead atoms. The lowest BCUT2D eigenvalue weighted by molar-refractivity contribution is -0.150. The fourth-order valence-corrected chi connectivity index (χ4v) is 6.27. The molecule has 6 nitrogen and oxygen atoms in total. The van der Waals surface area contributed by atoms with E-state index in [1.54, 1.807) is 0 Å². The van der Waals surface area contributed by atoms with Gasteiger partial charge in [0, 0.05) is 26.2 Å². The van der Waals surface area contributed by atoms with Crippen molar-refractivity contribution in [1.82, 2.24) is 20.9 Å². The number of nitrogens with one attached hydrogen (secondary N) is 3. The average Bonchev–Trinajstić information content (AvgIpc) is 3.03. The third kappa shape index (κ3) is 4.63. The van der Waals surface area contributed by atoms with Crippen LogP contribution >= 0.6 is 0 Å². The maximum absolute atomic E-state index is 13.9. The molecule has 166 valence electrons. The molecular formula is C22H39FN4O2. The van der Waals surface area contributed by atoms with E-state index in [0.717, 1.165) is 39.0 Å². The maximum atomic E-state index is 13.9. The highest BCUT2D eigenvalue weighted by Gasteiger charge is 2.47. The first-order chi connectivity index (χ1) is 14.0. The summed E-state index contributed by atoms with van der Waals surface area (Å²) in [6.45, 7) is 6.93. The molecule has 1 spiro atoms. The largest absolute Gasteiger partial charge is 0.368 e. The number of hydrogen-bond acceptors (Lipinski definition) is 5. The Labute approximate surface area is 174 Å². The second kappa shape index (κ2) is 9.16. The first-order valence-corrected chi connectivity index (χ1v) is 11.8. The molecule has 4 fully saturated rings. The van der Waals surface area contributed by atoms with Crippen LogP contribution < -0.4 is 16.0 Å². The number of ether oxygens (including phenoxy) is 1. The van der Waals surface area contributed by atoms with Gasteiger partial charge in [0.1, 0.15) is 6.17 Å². The number of fused-ring (bicyclic) bond motifs is 1. The van der Waals surface area contributed by atoms with E-state index in [9.17, 15) is 9.18 Å². The third-order valence-electron chi connectivity index (χ3n) is 7.72. The van der Waals surface area contributed by atoms with E-state index < -0.39 is 6.17 Å². The highest BCUT2D eigenvalue weighted by molar-refractivity contribution is 5.79. The van der Waals surface area contributed by atoms with E-state index in [2.05, 4.69) is 27.8 Å². The molecule has 0 radical (unpaired) electrons. The summed E-state index contributed by atoms with van der Waals surface area (Å²) >= 11 is 0. The fourth-order valence-electron chi connectivity index (χ4n) is 6.27. The molecule has 3 N–H and O–H groups in total. The van der Waals surface area contributed by atoms with Crippen molar-refractivity contribution in [2.45, 2.75) is 75.9 Å². The van der Waals surface area contributed by atoms with Gasteiger partial charge < -0.3 is 25.6 Å². The number of rotatable bonds is 5. The number of carbonyl (C=O) groups is 1. The van der Waals surface area contributed by atoms with Gasteiger partial charge in [0.15, 0.2) is 0 Å². The van der Waals surface area contributed by atoms with Gasteiger partial charge >= 0.3 is 0 Å². The van der Waals surface area contributed by atoms with Crippen LogP contribution in [-0.4, -0.2) is 74.6 Å². The predicted octanol–water partition coefficient (Wildman–Crippen LogP) is 1.66. The first kappa shape index (κ1) is 21.5. The van der Waals surface area contributed by atoms with Gasteiger partial charge in [0.05, 0.1) is 23.8 Å². The standard InChI is InChI=1S/C22H39FN4O2/c1-3-5-17-15(11-25-20(17)24-2)12-27-9-4-8-22(14-27)13-26-21(28)18-10-16(23)6-7-19(18)29-22/h15-20,24-25H,3-14H2,1-2H3,(H,26,28)/t15?,16?,17?,18?,19?,20?,22-/m1/s1. The predicted molar refractivity (Wildman–Crippen MR) is 111 cm³/mol. The lowest BCUT2D eigenvalue weighted by atomic mass is 9.84. The summed E-state index contributed by atoms with van der Waals surface area (Å²) in [7, 11) is 2.04. The van der Waals surface area contributed by atoms with Crippen LogP contribution in [0.4, 0.5) is 4.39 Å². The van der Waals surface area contributed by atoms with Gasteiger partial charge in [-0.15, -0.1) is 0 Å². The van der Waals surface area contributed by atoms with Crippen LogP contribution in [0.1, 0.15) is 51.9 Å². The Balaban J connectivity index is 1.42. The molecule has 1 amide bonds. The number of carbonyl (C=O) groups excluding carboxylic acids is 1. The summed E-state index contributed by atoms with van der Waals surface area (Å²) < 4.78 is 20.5. The van der Waals surface area contributed by atoms with Gasteiger partial charge in [-0.05, 0) is 64.0 Å². The molecule has 3 saturated heterocycles. The molecule has 4 rings (SSSR count). The van der Waals surface area contributed by atoms with Gasteiger partial charge in [0.2, 0.25) is 5.91 Å². The first-order valence-electron chi connectivity index (χ1n) is 11.8. The Bertz CT molecular complexity index is 579. The second-order valence-corrected chi connectivity index (χ2v) is 9.80. The second-order valence-electron chi connectivity index (χ2n) is 9.80. The highest BCUT2D eigenvalue weighted by atomic mass is 19.1. The van der Waals surface area contributed by atoms with Gasteiger partial charge in [-0.3, -0.25) is 4.79 Å². The summed E-state index contributed by atoms with van der Waals surface area (Å²) in [5.74, 6) is 0.962. The van der Waals surface area contributed by atoms with Crippen molar-refractivity contribution in [3.63, 3.8) is 0 Å². The molecule has 29 heavy (non-hydrogen) atoms. The van der Waals surface area contributed by atoms with Crippen molar-refractivity contribution in [3.05, 3.63) is 0 Å². The van der Waals surface area contributed by atoms with Crippen LogP contribution in [0, 0.1) is 17.8 Å². The molecule has 0 aromatic rings. The Kier molecular flexibility index (Phi) is 6.78. The minimum atomic E-state index is -0.868. The minimum Gasteiger partial charge on any atom is -0.368 e. The summed E-state index contributed by atoms with van der Waals surface area (Å²) in [6, 6.07) is 0. The molecule has 3 aliphatic heterocycles. The Hall–Kier alpha value is -0.760. The van der Waals surface area contributed by atoms with Crippen LogP contribution in [0.15, 0.2) is 0 Å². The van der Waals surface area contributed by atoms with Crippen molar-refractivity contribution in [1.29, 1.82) is 0 Å². The smallest absolute Gasteiger partial charge is 0.225 e. The van der Waals surface area contributed by atoms with E-state index in [4.69, 9.17) is 4.74 Å². The molecule has 0 aromatic carbocycles. The number of likely N-dealkylation sites (tertiary alicyclic amines) is 1. The number of alkyl halides is 1. The lowest BCUT2D eigenvalue weighted by Crippen LogP contribution is -2.56. The van der Waals surface area contributed by atoms with E-state index in [1.165, 1.54) is 12.8 Å². The van der Waals surface area contributed by atoms with Crippen LogP contribution in [-0.2, 0) is 9.53 Å². The molecule has 7 heteroatoms. The number of piperidine rings is 1. The third-order valence-corrected chi connectivity index (χ3v) is 7.72. The van der Waals surface area contributed by atoms with Crippen molar-refractivity contribution in [2.24, 2.45) is 17.8 Å².